The van der Waals surface area contributed by atoms with E-state index >= 15 is 0 Å². The van der Waals surface area contributed by atoms with Gasteiger partial charge in [0.05, 0.1) is 22.4 Å². The van der Waals surface area contributed by atoms with Crippen molar-refractivity contribution >= 4 is 33.9 Å². The van der Waals surface area contributed by atoms with E-state index in [4.69, 9.17) is 21.4 Å². The number of primary amides is 1. The molecule has 0 unspecified atom stereocenters. The lowest BCUT2D eigenvalue weighted by Crippen LogP contribution is -2.14. The summed E-state index contributed by atoms with van der Waals surface area (Å²) in [6.45, 7) is 3.67. The highest BCUT2D eigenvalue weighted by Gasteiger charge is 2.26. The number of phenolic OH excluding ortho intramolecular Hbond substituents is 1. The highest BCUT2D eigenvalue weighted by Crippen LogP contribution is 2.36. The number of para-hydroxylation sites is 1. The molecular formula is C23H21N7O2. The number of carbonyl (C=O) groups excluding carboxylic acids is 1. The molecule has 5 N–H and O–H groups in total. The third kappa shape index (κ3) is 2.64. The molecule has 0 atom stereocenters. The number of fused-ring (bicyclic) bond motifs is 2. The van der Waals surface area contributed by atoms with Gasteiger partial charge in [0.2, 0.25) is 0 Å². The number of rotatable bonds is 3. The van der Waals surface area contributed by atoms with Crippen molar-refractivity contribution in [3.63, 3.8) is 0 Å². The lowest BCUT2D eigenvalue weighted by molar-refractivity contribution is 0.100. The molecule has 5 aromatic rings. The maximum atomic E-state index is 12.4. The number of nitrogens with two attached hydrogens (primary N) is 2. The molecule has 2 aromatic carbocycles. The van der Waals surface area contributed by atoms with Gasteiger partial charge in [-0.3, -0.25) is 14.0 Å². The molecule has 0 aliphatic rings. The van der Waals surface area contributed by atoms with E-state index < -0.39 is 5.91 Å². The Morgan fingerprint density at radius 1 is 1.06 bits per heavy atom. The fourth-order valence-electron chi connectivity index (χ4n) is 4.22. The predicted octanol–water partition coefficient (Wildman–Crippen LogP) is 2.98. The summed E-state index contributed by atoms with van der Waals surface area (Å²) >= 11 is 0. The van der Waals surface area contributed by atoms with Gasteiger partial charge in [-0.05, 0) is 37.6 Å². The first-order chi connectivity index (χ1) is 15.3. The molecule has 1 amide bonds. The number of phenols is 1. The van der Waals surface area contributed by atoms with Gasteiger partial charge >= 0.3 is 0 Å². The monoisotopic (exact) mass is 427 g/mol. The Morgan fingerprint density at radius 3 is 2.53 bits per heavy atom. The Kier molecular flexibility index (Phi) is 4.16. The van der Waals surface area contributed by atoms with Crippen molar-refractivity contribution in [3.05, 3.63) is 59.3 Å². The van der Waals surface area contributed by atoms with E-state index in [1.54, 1.807) is 34.5 Å². The van der Waals surface area contributed by atoms with Crippen molar-refractivity contribution < 1.29 is 9.90 Å². The minimum atomic E-state index is -0.701. The van der Waals surface area contributed by atoms with Crippen LogP contribution in [0.5, 0.6) is 5.75 Å². The van der Waals surface area contributed by atoms with Crippen molar-refractivity contribution in [3.8, 4) is 22.7 Å². The highest BCUT2D eigenvalue weighted by atomic mass is 16.3. The van der Waals surface area contributed by atoms with Crippen molar-refractivity contribution in [2.45, 2.75) is 13.8 Å². The molecule has 0 radical (unpaired) electrons. The summed E-state index contributed by atoms with van der Waals surface area (Å²) in [4.78, 5) is 22.1. The lowest BCUT2D eigenvalue weighted by atomic mass is 10.1. The molecule has 9 heteroatoms. The van der Waals surface area contributed by atoms with Crippen LogP contribution in [0.25, 0.3) is 39.1 Å². The molecule has 3 heterocycles. The van der Waals surface area contributed by atoms with Gasteiger partial charge in [-0.15, -0.1) is 0 Å². The third-order valence-corrected chi connectivity index (χ3v) is 5.79. The summed E-state index contributed by atoms with van der Waals surface area (Å²) in [5, 5.41) is 14.6. The van der Waals surface area contributed by atoms with Crippen LogP contribution in [0.2, 0.25) is 0 Å². The van der Waals surface area contributed by atoms with Gasteiger partial charge in [0.1, 0.15) is 22.6 Å². The average Bonchev–Trinajstić information content (AvgIpc) is 3.30. The number of nitrogen functional groups attached to an aromatic ring is 1. The molecule has 0 aliphatic carbocycles. The maximum Gasteiger partial charge on any atom is 0.254 e. The quantitative estimate of drug-likeness (QED) is 0.405. The highest BCUT2D eigenvalue weighted by molar-refractivity contribution is 6.11. The molecular weight excluding hydrogens is 406 g/mol. The molecule has 0 bridgehead atoms. The van der Waals surface area contributed by atoms with Gasteiger partial charge in [0.25, 0.3) is 5.91 Å². The summed E-state index contributed by atoms with van der Waals surface area (Å²) in [6.07, 6.45) is 1.71. The second kappa shape index (κ2) is 6.81. The number of carbonyl (C=O) groups is 1. The van der Waals surface area contributed by atoms with Crippen molar-refractivity contribution in [1.82, 2.24) is 24.3 Å². The Bertz CT molecular complexity index is 1560. The number of hydrogen-bond acceptors (Lipinski definition) is 6. The molecule has 0 saturated heterocycles. The lowest BCUT2D eigenvalue weighted by Gasteiger charge is -2.15. The molecule has 5 rings (SSSR count). The zero-order chi connectivity index (χ0) is 22.7. The largest absolute Gasteiger partial charge is 0.508 e. The minimum absolute atomic E-state index is 0.0938. The maximum absolute atomic E-state index is 12.4. The third-order valence-electron chi connectivity index (χ3n) is 5.79. The number of anilines is 1. The van der Waals surface area contributed by atoms with Crippen LogP contribution in [0.15, 0.2) is 42.6 Å². The number of amides is 1. The number of hydrogen-bond donors (Lipinski definition) is 3. The van der Waals surface area contributed by atoms with E-state index in [1.165, 1.54) is 0 Å². The number of aryl methyl sites for hydroxylation is 2. The molecule has 0 saturated carbocycles. The van der Waals surface area contributed by atoms with Crippen molar-refractivity contribution in [1.29, 1.82) is 0 Å². The van der Waals surface area contributed by atoms with Gasteiger partial charge in [-0.2, -0.15) is 5.10 Å². The van der Waals surface area contributed by atoms with Crippen molar-refractivity contribution in [2.75, 3.05) is 5.73 Å². The minimum Gasteiger partial charge on any atom is -0.508 e. The van der Waals surface area contributed by atoms with Crippen LogP contribution in [0.3, 0.4) is 0 Å². The van der Waals surface area contributed by atoms with E-state index in [0.717, 1.165) is 16.8 Å². The molecule has 160 valence electrons. The summed E-state index contributed by atoms with van der Waals surface area (Å²) in [5.41, 5.74) is 18.0. The molecule has 32 heavy (non-hydrogen) atoms. The zero-order valence-corrected chi connectivity index (χ0v) is 17.8. The summed E-state index contributed by atoms with van der Waals surface area (Å²) in [7, 11) is 1.84. The first-order valence-electron chi connectivity index (χ1n) is 9.98. The Balaban J connectivity index is 1.95. The molecule has 0 fully saturated rings. The molecule has 0 aliphatic heterocycles. The van der Waals surface area contributed by atoms with Crippen LogP contribution < -0.4 is 11.5 Å². The van der Waals surface area contributed by atoms with E-state index in [0.29, 0.717) is 33.4 Å². The summed E-state index contributed by atoms with van der Waals surface area (Å²) in [5.74, 6) is -0.463. The topological polar surface area (TPSA) is 138 Å². The summed E-state index contributed by atoms with van der Waals surface area (Å²) < 4.78 is 3.39. The smallest absolute Gasteiger partial charge is 0.254 e. The van der Waals surface area contributed by atoms with E-state index in [2.05, 4.69) is 5.10 Å². The van der Waals surface area contributed by atoms with Crippen LogP contribution in [0, 0.1) is 13.8 Å². The predicted molar refractivity (Wildman–Crippen MR) is 123 cm³/mol. The fourth-order valence-corrected chi connectivity index (χ4v) is 4.22. The van der Waals surface area contributed by atoms with Crippen LogP contribution in [-0.2, 0) is 7.05 Å². The fraction of sp³-hybridized carbons (Fsp3) is 0.130. The number of nitrogens with zero attached hydrogens (tertiary/aromatic N) is 5. The second-order valence-corrected chi connectivity index (χ2v) is 7.74. The zero-order valence-electron chi connectivity index (χ0n) is 17.8. The Morgan fingerprint density at radius 2 is 1.84 bits per heavy atom. The van der Waals surface area contributed by atoms with Crippen LogP contribution in [-0.4, -0.2) is 35.3 Å². The van der Waals surface area contributed by atoms with E-state index in [9.17, 15) is 9.90 Å². The normalized spacial score (nSPS) is 11.5. The average molecular weight is 427 g/mol. The Hall–Kier alpha value is -4.40. The first kappa shape index (κ1) is 19.6. The van der Waals surface area contributed by atoms with Gasteiger partial charge in [-0.1, -0.05) is 18.2 Å². The van der Waals surface area contributed by atoms with Crippen LogP contribution >= 0.6 is 0 Å². The second-order valence-electron chi connectivity index (χ2n) is 7.74. The SMILES string of the molecule is Cc1ccc(O)c(C)c1-n1c(N)c(C(N)=O)c2nc3c(-c4ccnn4C)cccc3nc21. The van der Waals surface area contributed by atoms with Gasteiger partial charge in [0, 0.05) is 24.4 Å². The van der Waals surface area contributed by atoms with Crippen LogP contribution in [0.1, 0.15) is 21.5 Å². The van der Waals surface area contributed by atoms with E-state index in [1.807, 2.05) is 38.2 Å². The molecule has 9 nitrogen and oxygen atoms in total. The van der Waals surface area contributed by atoms with Crippen LogP contribution in [0.4, 0.5) is 5.82 Å². The van der Waals surface area contributed by atoms with Gasteiger partial charge in [-0.25, -0.2) is 9.97 Å². The Labute approximate surface area is 182 Å². The standard InChI is InChI=1S/C23H21N7O2/c1-11-7-8-16(31)12(2)20(11)30-21(24)17(22(25)32)19-23(30)27-14-6-4-5-13(18(14)28-19)15-9-10-26-29(15)3/h4-10,31H,24H2,1-3H3,(H2,25,32). The summed E-state index contributed by atoms with van der Waals surface area (Å²) in [6, 6.07) is 10.9. The number of aromatic nitrogens is 5. The number of aromatic hydroxyl groups is 1. The van der Waals surface area contributed by atoms with Gasteiger partial charge < -0.3 is 16.6 Å². The molecule has 0 spiro atoms. The number of benzene rings is 2. The van der Waals surface area contributed by atoms with E-state index in [-0.39, 0.29) is 17.1 Å². The van der Waals surface area contributed by atoms with Gasteiger partial charge in [0.15, 0.2) is 5.65 Å². The molecule has 3 aromatic heterocycles. The first-order valence-corrected chi connectivity index (χ1v) is 9.98. The van der Waals surface area contributed by atoms with Crippen molar-refractivity contribution in [2.24, 2.45) is 12.8 Å².